The van der Waals surface area contributed by atoms with Crippen LogP contribution in [-0.2, 0) is 4.79 Å². The largest absolute Gasteiger partial charge is 0.322 e. The molecule has 0 unspecified atom stereocenters. The molecule has 0 heterocycles. The van der Waals surface area contributed by atoms with Gasteiger partial charge in [-0.25, -0.2) is 0 Å². The van der Waals surface area contributed by atoms with Gasteiger partial charge < -0.3 is 5.32 Å². The second-order valence-corrected chi connectivity index (χ2v) is 5.69. The molecular formula is C16H13BrClNO. The summed E-state index contributed by atoms with van der Waals surface area (Å²) in [6, 6.07) is 13.0. The molecule has 0 aliphatic rings. The van der Waals surface area contributed by atoms with E-state index in [1.165, 1.54) is 6.08 Å². The van der Waals surface area contributed by atoms with Crippen molar-refractivity contribution in [2.75, 3.05) is 5.32 Å². The van der Waals surface area contributed by atoms with Crippen molar-refractivity contribution >= 4 is 45.2 Å². The van der Waals surface area contributed by atoms with Crippen molar-refractivity contribution in [3.63, 3.8) is 0 Å². The van der Waals surface area contributed by atoms with E-state index < -0.39 is 0 Å². The molecule has 0 saturated heterocycles. The average molecular weight is 351 g/mol. The van der Waals surface area contributed by atoms with Crippen molar-refractivity contribution < 1.29 is 4.79 Å². The highest BCUT2D eigenvalue weighted by molar-refractivity contribution is 9.10. The summed E-state index contributed by atoms with van der Waals surface area (Å²) in [6.07, 6.45) is 3.22. The molecule has 0 aromatic heterocycles. The topological polar surface area (TPSA) is 29.1 Å². The first kappa shape index (κ1) is 14.8. The second-order valence-electron chi connectivity index (χ2n) is 4.34. The van der Waals surface area contributed by atoms with Crippen molar-refractivity contribution in [3.05, 3.63) is 69.2 Å². The zero-order valence-electron chi connectivity index (χ0n) is 10.9. The van der Waals surface area contributed by atoms with Gasteiger partial charge in [-0.15, -0.1) is 0 Å². The SMILES string of the molecule is Cc1cc(Br)ccc1NC(=O)/C=C/c1cccc(Cl)c1. The summed E-state index contributed by atoms with van der Waals surface area (Å²) in [7, 11) is 0. The van der Waals surface area contributed by atoms with Gasteiger partial charge in [-0.3, -0.25) is 4.79 Å². The third-order valence-electron chi connectivity index (χ3n) is 2.72. The Balaban J connectivity index is 2.05. The lowest BCUT2D eigenvalue weighted by Crippen LogP contribution is -2.08. The van der Waals surface area contributed by atoms with Gasteiger partial charge in [-0.2, -0.15) is 0 Å². The minimum absolute atomic E-state index is 0.171. The van der Waals surface area contributed by atoms with E-state index >= 15 is 0 Å². The van der Waals surface area contributed by atoms with Crippen molar-refractivity contribution in [2.45, 2.75) is 6.92 Å². The number of hydrogen-bond donors (Lipinski definition) is 1. The smallest absolute Gasteiger partial charge is 0.248 e. The van der Waals surface area contributed by atoms with E-state index in [1.807, 2.05) is 37.3 Å². The summed E-state index contributed by atoms with van der Waals surface area (Å²) in [5.41, 5.74) is 2.69. The number of nitrogens with one attached hydrogen (secondary N) is 1. The van der Waals surface area contributed by atoms with Crippen LogP contribution >= 0.6 is 27.5 Å². The Bertz CT molecular complexity index is 667. The first-order valence-corrected chi connectivity index (χ1v) is 7.22. The van der Waals surface area contributed by atoms with Gasteiger partial charge in [0.25, 0.3) is 0 Å². The Kier molecular flexibility index (Phi) is 4.99. The minimum Gasteiger partial charge on any atom is -0.322 e. The number of halogens is 2. The summed E-state index contributed by atoms with van der Waals surface area (Å²) in [6.45, 7) is 1.95. The third-order valence-corrected chi connectivity index (χ3v) is 3.45. The molecule has 2 rings (SSSR count). The minimum atomic E-state index is -0.171. The number of rotatable bonds is 3. The highest BCUT2D eigenvalue weighted by Gasteiger charge is 2.02. The zero-order valence-corrected chi connectivity index (χ0v) is 13.2. The summed E-state index contributed by atoms with van der Waals surface area (Å²) in [4.78, 5) is 11.9. The maximum atomic E-state index is 11.9. The molecule has 102 valence electrons. The van der Waals surface area contributed by atoms with Crippen molar-refractivity contribution in [1.82, 2.24) is 0 Å². The molecule has 0 aliphatic carbocycles. The van der Waals surface area contributed by atoms with E-state index in [4.69, 9.17) is 11.6 Å². The molecule has 0 atom stereocenters. The predicted molar refractivity (Wildman–Crippen MR) is 88.0 cm³/mol. The maximum absolute atomic E-state index is 11.9. The van der Waals surface area contributed by atoms with Gasteiger partial charge in [0, 0.05) is 21.3 Å². The molecule has 20 heavy (non-hydrogen) atoms. The first-order valence-electron chi connectivity index (χ1n) is 6.05. The molecule has 0 bridgehead atoms. The number of aryl methyl sites for hydroxylation is 1. The molecule has 0 aliphatic heterocycles. The van der Waals surface area contributed by atoms with Crippen LogP contribution in [0.4, 0.5) is 5.69 Å². The Morgan fingerprint density at radius 2 is 2.05 bits per heavy atom. The van der Waals surface area contributed by atoms with Gasteiger partial charge in [0.1, 0.15) is 0 Å². The van der Waals surface area contributed by atoms with Crippen LogP contribution in [-0.4, -0.2) is 5.91 Å². The Morgan fingerprint density at radius 1 is 1.25 bits per heavy atom. The standard InChI is InChI=1S/C16H13BrClNO/c1-11-9-13(17)6-7-15(11)19-16(20)8-5-12-3-2-4-14(18)10-12/h2-10H,1H3,(H,19,20)/b8-5+. The first-order chi connectivity index (χ1) is 9.54. The van der Waals surface area contributed by atoms with E-state index in [9.17, 15) is 4.79 Å². The molecule has 4 heteroatoms. The van der Waals surface area contributed by atoms with Crippen LogP contribution in [0.25, 0.3) is 6.08 Å². The summed E-state index contributed by atoms with van der Waals surface area (Å²) in [5, 5.41) is 3.49. The summed E-state index contributed by atoms with van der Waals surface area (Å²) >= 11 is 9.28. The Labute approximate surface area is 131 Å². The van der Waals surface area contributed by atoms with Crippen LogP contribution in [0.15, 0.2) is 53.0 Å². The number of carbonyl (C=O) groups is 1. The fourth-order valence-electron chi connectivity index (χ4n) is 1.72. The van der Waals surface area contributed by atoms with Crippen LogP contribution in [0.1, 0.15) is 11.1 Å². The van der Waals surface area contributed by atoms with E-state index in [2.05, 4.69) is 21.2 Å². The third kappa shape index (κ3) is 4.22. The molecule has 2 nitrogen and oxygen atoms in total. The average Bonchev–Trinajstić information content (AvgIpc) is 2.40. The van der Waals surface area contributed by atoms with Gasteiger partial charge in [-0.1, -0.05) is 39.7 Å². The van der Waals surface area contributed by atoms with E-state index in [1.54, 1.807) is 18.2 Å². The van der Waals surface area contributed by atoms with Crippen LogP contribution in [0.3, 0.4) is 0 Å². The van der Waals surface area contributed by atoms with Gasteiger partial charge >= 0.3 is 0 Å². The Morgan fingerprint density at radius 3 is 2.75 bits per heavy atom. The number of carbonyl (C=O) groups excluding carboxylic acids is 1. The number of amides is 1. The Hall–Kier alpha value is -1.58. The van der Waals surface area contributed by atoms with Gasteiger partial charge in [-0.05, 0) is 54.5 Å². The lowest BCUT2D eigenvalue weighted by molar-refractivity contribution is -0.111. The molecule has 2 aromatic carbocycles. The molecular weight excluding hydrogens is 338 g/mol. The molecule has 1 amide bonds. The van der Waals surface area contributed by atoms with E-state index in [-0.39, 0.29) is 5.91 Å². The van der Waals surface area contributed by atoms with Gasteiger partial charge in [0.15, 0.2) is 0 Å². The van der Waals surface area contributed by atoms with Gasteiger partial charge in [0.2, 0.25) is 5.91 Å². The van der Waals surface area contributed by atoms with E-state index in [0.29, 0.717) is 5.02 Å². The lowest BCUT2D eigenvalue weighted by atomic mass is 10.2. The van der Waals surface area contributed by atoms with Crippen LogP contribution in [0.5, 0.6) is 0 Å². The van der Waals surface area contributed by atoms with Crippen LogP contribution in [0, 0.1) is 6.92 Å². The molecule has 0 fully saturated rings. The number of anilines is 1. The van der Waals surface area contributed by atoms with Crippen molar-refractivity contribution in [1.29, 1.82) is 0 Å². The monoisotopic (exact) mass is 349 g/mol. The summed E-state index contributed by atoms with van der Waals surface area (Å²) < 4.78 is 0.988. The number of benzene rings is 2. The van der Waals surface area contributed by atoms with Crippen LogP contribution in [0.2, 0.25) is 5.02 Å². The zero-order chi connectivity index (χ0) is 14.5. The normalized spacial score (nSPS) is 10.8. The quantitative estimate of drug-likeness (QED) is 0.770. The highest BCUT2D eigenvalue weighted by Crippen LogP contribution is 2.20. The molecule has 0 radical (unpaired) electrons. The van der Waals surface area contributed by atoms with E-state index in [0.717, 1.165) is 21.3 Å². The van der Waals surface area contributed by atoms with Crippen molar-refractivity contribution in [2.24, 2.45) is 0 Å². The van der Waals surface area contributed by atoms with Crippen LogP contribution < -0.4 is 5.32 Å². The molecule has 1 N–H and O–H groups in total. The molecule has 0 saturated carbocycles. The van der Waals surface area contributed by atoms with Gasteiger partial charge in [0.05, 0.1) is 0 Å². The van der Waals surface area contributed by atoms with Crippen molar-refractivity contribution in [3.8, 4) is 0 Å². The summed E-state index contributed by atoms with van der Waals surface area (Å²) in [5.74, 6) is -0.171. The predicted octanol–water partition coefficient (Wildman–Crippen LogP) is 5.06. The fourth-order valence-corrected chi connectivity index (χ4v) is 2.40. The maximum Gasteiger partial charge on any atom is 0.248 e. The lowest BCUT2D eigenvalue weighted by Gasteiger charge is -2.06. The highest BCUT2D eigenvalue weighted by atomic mass is 79.9. The molecule has 2 aromatic rings. The molecule has 0 spiro atoms. The second kappa shape index (κ2) is 6.73. The number of hydrogen-bond acceptors (Lipinski definition) is 1. The fraction of sp³-hybridized carbons (Fsp3) is 0.0625.